The SMILES string of the molecule is CCCC(C)P(C(=O)c1ccccc1C=O)P(c1ccccc1)c1ccccc1. The molecular formula is C25H26O2P2. The molecule has 2 nitrogen and oxygen atoms in total. The Morgan fingerprint density at radius 1 is 0.862 bits per heavy atom. The monoisotopic (exact) mass is 420 g/mol. The molecule has 0 amide bonds. The number of carbonyl (C=O) groups excluding carboxylic acids is 2. The molecule has 29 heavy (non-hydrogen) atoms. The molecule has 2 atom stereocenters. The van der Waals surface area contributed by atoms with E-state index in [0.717, 1.165) is 19.1 Å². The lowest BCUT2D eigenvalue weighted by Crippen LogP contribution is -2.18. The van der Waals surface area contributed by atoms with Crippen molar-refractivity contribution in [2.45, 2.75) is 32.3 Å². The van der Waals surface area contributed by atoms with Crippen molar-refractivity contribution in [2.24, 2.45) is 0 Å². The van der Waals surface area contributed by atoms with Crippen molar-refractivity contribution >= 4 is 37.6 Å². The number of hydrogen-bond donors (Lipinski definition) is 0. The third-order valence-electron chi connectivity index (χ3n) is 4.87. The van der Waals surface area contributed by atoms with Crippen molar-refractivity contribution in [3.63, 3.8) is 0 Å². The minimum atomic E-state index is -1.04. The molecule has 0 heterocycles. The van der Waals surface area contributed by atoms with Gasteiger partial charge in [-0.2, -0.15) is 0 Å². The van der Waals surface area contributed by atoms with Crippen LogP contribution in [0.15, 0.2) is 84.9 Å². The second-order valence-corrected chi connectivity index (χ2v) is 13.1. The number of aldehydes is 1. The number of rotatable bonds is 9. The molecule has 3 aromatic rings. The van der Waals surface area contributed by atoms with Gasteiger partial charge in [0.1, 0.15) is 0 Å². The van der Waals surface area contributed by atoms with E-state index >= 15 is 0 Å². The highest BCUT2D eigenvalue weighted by Crippen LogP contribution is 2.71. The van der Waals surface area contributed by atoms with Gasteiger partial charge in [0.25, 0.3) is 0 Å². The topological polar surface area (TPSA) is 34.1 Å². The van der Waals surface area contributed by atoms with E-state index in [2.05, 4.69) is 62.4 Å². The molecule has 0 aliphatic carbocycles. The van der Waals surface area contributed by atoms with Crippen LogP contribution in [0.25, 0.3) is 0 Å². The summed E-state index contributed by atoms with van der Waals surface area (Å²) in [5.74, 6) is 0. The molecule has 3 aromatic carbocycles. The first-order chi connectivity index (χ1) is 14.2. The van der Waals surface area contributed by atoms with E-state index in [4.69, 9.17) is 0 Å². The summed E-state index contributed by atoms with van der Waals surface area (Å²) in [5.41, 5.74) is 1.47. The Morgan fingerprint density at radius 2 is 1.38 bits per heavy atom. The average Bonchev–Trinajstić information content (AvgIpc) is 2.78. The Morgan fingerprint density at radius 3 is 1.90 bits per heavy atom. The lowest BCUT2D eigenvalue weighted by atomic mass is 10.1. The van der Waals surface area contributed by atoms with Crippen molar-refractivity contribution in [3.05, 3.63) is 96.1 Å². The van der Waals surface area contributed by atoms with Crippen LogP contribution in [-0.2, 0) is 0 Å². The number of hydrogen-bond acceptors (Lipinski definition) is 2. The van der Waals surface area contributed by atoms with Crippen LogP contribution < -0.4 is 10.6 Å². The highest BCUT2D eigenvalue weighted by Gasteiger charge is 2.35. The highest BCUT2D eigenvalue weighted by atomic mass is 32.1. The normalized spacial score (nSPS) is 13.1. The quantitative estimate of drug-likeness (QED) is 0.298. The van der Waals surface area contributed by atoms with Crippen LogP contribution in [0.3, 0.4) is 0 Å². The summed E-state index contributed by atoms with van der Waals surface area (Å²) in [5, 5.41) is 2.44. The minimum absolute atomic E-state index is 0.141. The van der Waals surface area contributed by atoms with Crippen molar-refractivity contribution in [1.29, 1.82) is 0 Å². The number of benzene rings is 3. The van der Waals surface area contributed by atoms with Crippen LogP contribution in [-0.4, -0.2) is 17.5 Å². The Kier molecular flexibility index (Phi) is 7.87. The molecule has 148 valence electrons. The van der Waals surface area contributed by atoms with Gasteiger partial charge in [-0.1, -0.05) is 105 Å². The second kappa shape index (κ2) is 10.6. The van der Waals surface area contributed by atoms with E-state index < -0.39 is 15.2 Å². The molecule has 0 saturated carbocycles. The molecule has 0 aliphatic rings. The Labute approximate surface area is 175 Å². The van der Waals surface area contributed by atoms with Crippen LogP contribution in [0.2, 0.25) is 0 Å². The van der Waals surface area contributed by atoms with Crippen molar-refractivity contribution in [3.8, 4) is 0 Å². The highest BCUT2D eigenvalue weighted by molar-refractivity contribution is 8.42. The zero-order valence-electron chi connectivity index (χ0n) is 16.9. The zero-order chi connectivity index (χ0) is 20.6. The maximum Gasteiger partial charge on any atom is 0.190 e. The van der Waals surface area contributed by atoms with Gasteiger partial charge in [-0.25, -0.2) is 0 Å². The average molecular weight is 420 g/mol. The fourth-order valence-corrected chi connectivity index (χ4v) is 11.8. The van der Waals surface area contributed by atoms with Crippen molar-refractivity contribution in [1.82, 2.24) is 0 Å². The molecule has 0 saturated heterocycles. The molecular weight excluding hydrogens is 394 g/mol. The fraction of sp³-hybridized carbons (Fsp3) is 0.200. The molecule has 0 bridgehead atoms. The third kappa shape index (κ3) is 5.08. The van der Waals surface area contributed by atoms with E-state index in [1.54, 1.807) is 6.07 Å². The summed E-state index contributed by atoms with van der Waals surface area (Å²) in [4.78, 5) is 25.5. The standard InChI is InChI=1S/C25H26O2P2/c1-3-12-20(2)28(25(27)24-18-11-10-13-21(24)19-26)29(22-14-6-4-7-15-22)23-16-8-5-9-17-23/h4-11,13-20H,3,12H2,1-2H3. The van der Waals surface area contributed by atoms with Gasteiger partial charge in [-0.05, 0) is 30.3 Å². The van der Waals surface area contributed by atoms with Crippen molar-refractivity contribution < 1.29 is 9.59 Å². The first-order valence-corrected chi connectivity index (χ1v) is 13.4. The summed E-state index contributed by atoms with van der Waals surface area (Å²) < 4.78 is 0. The minimum Gasteiger partial charge on any atom is -0.298 e. The van der Waals surface area contributed by atoms with E-state index in [1.807, 2.05) is 30.3 Å². The summed E-state index contributed by atoms with van der Waals surface area (Å²) in [7, 11) is -1.88. The van der Waals surface area contributed by atoms with Gasteiger partial charge >= 0.3 is 0 Å². The van der Waals surface area contributed by atoms with Crippen LogP contribution >= 0.6 is 15.2 Å². The predicted octanol–water partition coefficient (Wildman–Crippen LogP) is 6.36. The Bertz CT molecular complexity index is 902. The Hall–Kier alpha value is -2.14. The van der Waals surface area contributed by atoms with Crippen LogP contribution in [0.1, 0.15) is 47.4 Å². The maximum atomic E-state index is 13.9. The first kappa shape index (κ1) is 21.6. The lowest BCUT2D eigenvalue weighted by molar-refractivity contribution is 0.106. The van der Waals surface area contributed by atoms with Crippen LogP contribution in [0, 0.1) is 0 Å². The van der Waals surface area contributed by atoms with Gasteiger partial charge in [-0.3, -0.25) is 9.59 Å². The number of carbonyl (C=O) groups is 2. The summed E-state index contributed by atoms with van der Waals surface area (Å²) in [6, 6.07) is 28.0. The second-order valence-electron chi connectivity index (χ2n) is 6.98. The van der Waals surface area contributed by atoms with Crippen LogP contribution in [0.5, 0.6) is 0 Å². The lowest BCUT2D eigenvalue weighted by Gasteiger charge is -2.32. The third-order valence-corrected chi connectivity index (χ3v) is 13.0. The van der Waals surface area contributed by atoms with Gasteiger partial charge in [0.05, 0.1) is 0 Å². The smallest absolute Gasteiger partial charge is 0.190 e. The molecule has 0 N–H and O–H groups in total. The van der Waals surface area contributed by atoms with E-state index in [1.165, 1.54) is 10.6 Å². The van der Waals surface area contributed by atoms with E-state index in [-0.39, 0.29) is 11.2 Å². The van der Waals surface area contributed by atoms with Gasteiger partial charge in [-0.15, -0.1) is 0 Å². The molecule has 0 spiro atoms. The first-order valence-electron chi connectivity index (χ1n) is 9.95. The summed E-state index contributed by atoms with van der Waals surface area (Å²) >= 11 is 0. The summed E-state index contributed by atoms with van der Waals surface area (Å²) in [6.45, 7) is 4.37. The zero-order valence-corrected chi connectivity index (χ0v) is 18.7. The molecule has 0 radical (unpaired) electrons. The van der Waals surface area contributed by atoms with Crippen LogP contribution in [0.4, 0.5) is 0 Å². The maximum absolute atomic E-state index is 13.9. The molecule has 3 rings (SSSR count). The van der Waals surface area contributed by atoms with E-state index in [9.17, 15) is 9.59 Å². The van der Waals surface area contributed by atoms with Gasteiger partial charge in [0.2, 0.25) is 0 Å². The molecule has 0 aromatic heterocycles. The van der Waals surface area contributed by atoms with Gasteiger partial charge in [0.15, 0.2) is 11.8 Å². The van der Waals surface area contributed by atoms with Gasteiger partial charge in [0, 0.05) is 18.7 Å². The molecule has 0 fully saturated rings. The fourth-order valence-electron chi connectivity index (χ4n) is 3.48. The van der Waals surface area contributed by atoms with Crippen molar-refractivity contribution in [2.75, 3.05) is 0 Å². The van der Waals surface area contributed by atoms with E-state index in [0.29, 0.717) is 11.1 Å². The Balaban J connectivity index is 2.17. The predicted molar refractivity (Wildman–Crippen MR) is 127 cm³/mol. The summed E-state index contributed by atoms with van der Waals surface area (Å²) in [6.07, 6.45) is 2.84. The molecule has 0 aliphatic heterocycles. The molecule has 4 heteroatoms. The molecule has 2 unspecified atom stereocenters. The largest absolute Gasteiger partial charge is 0.298 e. The van der Waals surface area contributed by atoms with Gasteiger partial charge < -0.3 is 0 Å².